The fourth-order valence-electron chi connectivity index (χ4n) is 2.68. The van der Waals surface area contributed by atoms with Gasteiger partial charge in [0.05, 0.1) is 0 Å². The summed E-state index contributed by atoms with van der Waals surface area (Å²) in [4.78, 5) is 0. The highest BCUT2D eigenvalue weighted by Gasteiger charge is 2.13. The van der Waals surface area contributed by atoms with Crippen LogP contribution in [0.25, 0.3) is 0 Å². The molecule has 0 bridgehead atoms. The number of hydrogen-bond donors (Lipinski definition) is 1. The van der Waals surface area contributed by atoms with E-state index in [1.807, 2.05) is 38.2 Å². The maximum absolute atomic E-state index is 13.2. The molecule has 0 aliphatic rings. The normalized spacial score (nSPS) is 12.4. The predicted octanol–water partition coefficient (Wildman–Crippen LogP) is 4.41. The smallest absolute Gasteiger partial charge is 0.123 e. The Bertz CT molecular complexity index is 598. The molecule has 0 fully saturated rings. The quantitative estimate of drug-likeness (QED) is 0.833. The average Bonchev–Trinajstić information content (AvgIpc) is 2.44. The van der Waals surface area contributed by atoms with Gasteiger partial charge in [0.2, 0.25) is 0 Å². The molecule has 112 valence electrons. The summed E-state index contributed by atoms with van der Waals surface area (Å²) in [5.74, 6) is 0.256. The van der Waals surface area contributed by atoms with Crippen LogP contribution in [0.1, 0.15) is 16.7 Å². The molecule has 0 heterocycles. The molecule has 0 saturated carbocycles. The Kier molecular flexibility index (Phi) is 5.77. The third-order valence-corrected chi connectivity index (χ3v) is 4.14. The molecule has 0 amide bonds. The molecule has 2 aromatic rings. The van der Waals surface area contributed by atoms with Gasteiger partial charge in [-0.1, -0.05) is 35.9 Å². The van der Waals surface area contributed by atoms with E-state index in [0.717, 1.165) is 30.0 Å². The zero-order valence-electron chi connectivity index (χ0n) is 12.5. The minimum atomic E-state index is -0.174. The topological polar surface area (TPSA) is 12.0 Å². The maximum atomic E-state index is 13.2. The lowest BCUT2D eigenvalue weighted by molar-refractivity contribution is 0.492. The molecule has 21 heavy (non-hydrogen) atoms. The summed E-state index contributed by atoms with van der Waals surface area (Å²) in [5.41, 5.74) is 3.37. The predicted molar refractivity (Wildman–Crippen MR) is 87.4 cm³/mol. The Balaban J connectivity index is 2.14. The van der Waals surface area contributed by atoms with Crippen molar-refractivity contribution in [2.75, 3.05) is 13.6 Å². The van der Waals surface area contributed by atoms with E-state index in [2.05, 4.69) is 11.4 Å². The van der Waals surface area contributed by atoms with Crippen LogP contribution in [0.15, 0.2) is 42.5 Å². The molecule has 0 aliphatic carbocycles. The summed E-state index contributed by atoms with van der Waals surface area (Å²) in [5, 5.41) is 4.06. The number of rotatable bonds is 6. The van der Waals surface area contributed by atoms with Gasteiger partial charge in [-0.3, -0.25) is 0 Å². The first-order chi connectivity index (χ1) is 10.1. The number of benzene rings is 2. The lowest BCUT2D eigenvalue weighted by atomic mass is 9.90. The van der Waals surface area contributed by atoms with Crippen molar-refractivity contribution in [3.05, 3.63) is 70.0 Å². The molecule has 0 spiro atoms. The van der Waals surface area contributed by atoms with Gasteiger partial charge in [-0.15, -0.1) is 0 Å². The summed E-state index contributed by atoms with van der Waals surface area (Å²) in [6, 6.07) is 13.0. The summed E-state index contributed by atoms with van der Waals surface area (Å²) in [7, 11) is 1.96. The molecular weight excluding hydrogens is 285 g/mol. The standard InChI is InChI=1S/C18H21ClFN/c1-13-9-17(20)8-7-15(13)10-14(12-21-2)11-16-5-3-4-6-18(16)19/h3-9,14,21H,10-12H2,1-2H3. The van der Waals surface area contributed by atoms with Crippen molar-refractivity contribution >= 4 is 11.6 Å². The van der Waals surface area contributed by atoms with Crippen LogP contribution in [0.2, 0.25) is 5.02 Å². The van der Waals surface area contributed by atoms with E-state index in [9.17, 15) is 4.39 Å². The van der Waals surface area contributed by atoms with E-state index in [1.165, 1.54) is 17.2 Å². The molecule has 0 radical (unpaired) electrons. The van der Waals surface area contributed by atoms with Crippen molar-refractivity contribution < 1.29 is 4.39 Å². The van der Waals surface area contributed by atoms with Crippen molar-refractivity contribution in [2.24, 2.45) is 5.92 Å². The van der Waals surface area contributed by atoms with Crippen molar-refractivity contribution in [3.63, 3.8) is 0 Å². The van der Waals surface area contributed by atoms with Crippen LogP contribution < -0.4 is 5.32 Å². The molecular formula is C18H21ClFN. The fourth-order valence-corrected chi connectivity index (χ4v) is 2.89. The average molecular weight is 306 g/mol. The second kappa shape index (κ2) is 7.58. The van der Waals surface area contributed by atoms with Gasteiger partial charge in [0.15, 0.2) is 0 Å². The van der Waals surface area contributed by atoms with Crippen molar-refractivity contribution in [1.29, 1.82) is 0 Å². The molecule has 0 aromatic heterocycles. The molecule has 2 rings (SSSR count). The lowest BCUT2D eigenvalue weighted by Crippen LogP contribution is -2.23. The van der Waals surface area contributed by atoms with Crippen LogP contribution in [0, 0.1) is 18.7 Å². The summed E-state index contributed by atoms with van der Waals surface area (Å²) >= 11 is 6.25. The van der Waals surface area contributed by atoms with Gasteiger partial charge in [0, 0.05) is 5.02 Å². The summed E-state index contributed by atoms with van der Waals surface area (Å²) < 4.78 is 13.2. The first kappa shape index (κ1) is 16.0. The maximum Gasteiger partial charge on any atom is 0.123 e. The van der Waals surface area contributed by atoms with Gasteiger partial charge in [-0.25, -0.2) is 4.39 Å². The minimum Gasteiger partial charge on any atom is -0.319 e. The van der Waals surface area contributed by atoms with Gasteiger partial charge in [0.25, 0.3) is 0 Å². The van der Waals surface area contributed by atoms with Crippen molar-refractivity contribution in [1.82, 2.24) is 5.32 Å². The Hall–Kier alpha value is -1.38. The van der Waals surface area contributed by atoms with Crippen LogP contribution in [0.4, 0.5) is 4.39 Å². The van der Waals surface area contributed by atoms with Gasteiger partial charge >= 0.3 is 0 Å². The highest BCUT2D eigenvalue weighted by molar-refractivity contribution is 6.31. The van der Waals surface area contributed by atoms with Gasteiger partial charge in [-0.05, 0) is 74.2 Å². The third kappa shape index (κ3) is 4.55. The highest BCUT2D eigenvalue weighted by atomic mass is 35.5. The van der Waals surface area contributed by atoms with E-state index in [0.29, 0.717) is 5.92 Å². The van der Waals surface area contributed by atoms with E-state index in [4.69, 9.17) is 11.6 Å². The zero-order valence-corrected chi connectivity index (χ0v) is 13.3. The van der Waals surface area contributed by atoms with E-state index < -0.39 is 0 Å². The molecule has 0 aliphatic heterocycles. The van der Waals surface area contributed by atoms with E-state index in [1.54, 1.807) is 6.07 Å². The second-order valence-corrected chi connectivity index (χ2v) is 5.90. The summed E-state index contributed by atoms with van der Waals surface area (Å²) in [6.07, 6.45) is 1.83. The van der Waals surface area contributed by atoms with Gasteiger partial charge in [-0.2, -0.15) is 0 Å². The van der Waals surface area contributed by atoms with Crippen molar-refractivity contribution in [2.45, 2.75) is 19.8 Å². The Labute approximate surface area is 131 Å². The van der Waals surface area contributed by atoms with Crippen molar-refractivity contribution in [3.8, 4) is 0 Å². The monoisotopic (exact) mass is 305 g/mol. The molecule has 1 atom stereocenters. The van der Waals surface area contributed by atoms with Crippen LogP contribution in [-0.4, -0.2) is 13.6 Å². The first-order valence-electron chi connectivity index (χ1n) is 7.23. The van der Waals surface area contributed by atoms with Gasteiger partial charge < -0.3 is 5.32 Å². The second-order valence-electron chi connectivity index (χ2n) is 5.49. The SMILES string of the molecule is CNCC(Cc1ccc(F)cc1C)Cc1ccccc1Cl. The van der Waals surface area contributed by atoms with Gasteiger partial charge in [0.1, 0.15) is 5.82 Å². The number of aryl methyl sites for hydroxylation is 1. The largest absolute Gasteiger partial charge is 0.319 e. The molecule has 1 N–H and O–H groups in total. The minimum absolute atomic E-state index is 0.174. The molecule has 3 heteroatoms. The van der Waals surface area contributed by atoms with Crippen LogP contribution in [0.5, 0.6) is 0 Å². The Morgan fingerprint density at radius 1 is 1.10 bits per heavy atom. The lowest BCUT2D eigenvalue weighted by Gasteiger charge is -2.19. The molecule has 1 nitrogen and oxygen atoms in total. The summed E-state index contributed by atoms with van der Waals surface area (Å²) in [6.45, 7) is 2.87. The van der Waals surface area contributed by atoms with Crippen LogP contribution in [0.3, 0.4) is 0 Å². The molecule has 2 aromatic carbocycles. The molecule has 0 saturated heterocycles. The van der Waals surface area contributed by atoms with Crippen LogP contribution in [-0.2, 0) is 12.8 Å². The highest BCUT2D eigenvalue weighted by Crippen LogP contribution is 2.22. The first-order valence-corrected chi connectivity index (χ1v) is 7.61. The Morgan fingerprint density at radius 2 is 1.81 bits per heavy atom. The number of nitrogens with one attached hydrogen (secondary N) is 1. The van der Waals surface area contributed by atoms with Crippen LogP contribution >= 0.6 is 11.6 Å². The molecule has 1 unspecified atom stereocenters. The Morgan fingerprint density at radius 3 is 2.48 bits per heavy atom. The number of hydrogen-bond acceptors (Lipinski definition) is 1. The van der Waals surface area contributed by atoms with E-state index >= 15 is 0 Å². The third-order valence-electron chi connectivity index (χ3n) is 3.77. The zero-order chi connectivity index (χ0) is 15.2. The number of halogens is 2. The fraction of sp³-hybridized carbons (Fsp3) is 0.333. The van der Waals surface area contributed by atoms with E-state index in [-0.39, 0.29) is 5.82 Å².